The fourth-order valence-corrected chi connectivity index (χ4v) is 3.65. The van der Waals surface area contributed by atoms with Gasteiger partial charge < -0.3 is 5.32 Å². The Morgan fingerprint density at radius 2 is 2.30 bits per heavy atom. The molecule has 0 radical (unpaired) electrons. The van der Waals surface area contributed by atoms with Crippen LogP contribution in [0.3, 0.4) is 0 Å². The van der Waals surface area contributed by atoms with E-state index in [0.29, 0.717) is 16.4 Å². The average molecular weight is 358 g/mol. The molecule has 0 aromatic carbocycles. The van der Waals surface area contributed by atoms with E-state index in [0.717, 1.165) is 17.6 Å². The lowest BCUT2D eigenvalue weighted by atomic mass is 9.85. The first-order chi connectivity index (χ1) is 9.63. The smallest absolute Gasteiger partial charge is 0.291 e. The largest absolute Gasteiger partial charge is 0.378 e. The number of halogens is 1. The number of aromatic nitrogens is 2. The Hall–Kier alpha value is -0.490. The molecular weight excluding hydrogens is 338 g/mol. The molecule has 0 spiro atoms. The molecule has 20 heavy (non-hydrogen) atoms. The van der Waals surface area contributed by atoms with Crippen LogP contribution in [0, 0.1) is 5.92 Å². The molecule has 0 bridgehead atoms. The minimum Gasteiger partial charge on any atom is -0.378 e. The fraction of sp³-hybridized carbons (Fsp3) is 0.714. The summed E-state index contributed by atoms with van der Waals surface area (Å²) in [6, 6.07) is 0. The molecule has 2 saturated carbocycles. The maximum Gasteiger partial charge on any atom is 0.291 e. The van der Waals surface area contributed by atoms with Crippen LogP contribution >= 0.6 is 27.7 Å². The van der Waals surface area contributed by atoms with Crippen molar-refractivity contribution in [1.29, 1.82) is 0 Å². The van der Waals surface area contributed by atoms with Crippen molar-refractivity contribution in [3.63, 3.8) is 0 Å². The number of thioether (sulfide) groups is 1. The average Bonchev–Trinajstić information content (AvgIpc) is 3.16. The lowest BCUT2D eigenvalue weighted by molar-refractivity contribution is 0.262. The highest BCUT2D eigenvalue weighted by Gasteiger charge is 2.41. The highest BCUT2D eigenvalue weighted by atomic mass is 79.9. The monoisotopic (exact) mass is 357 g/mol. The van der Waals surface area contributed by atoms with Gasteiger partial charge in [-0.25, -0.2) is 4.68 Å². The molecule has 3 rings (SSSR count). The summed E-state index contributed by atoms with van der Waals surface area (Å²) in [4.78, 5) is 12.5. The quantitative estimate of drug-likeness (QED) is 0.849. The van der Waals surface area contributed by atoms with Crippen molar-refractivity contribution in [2.75, 3.05) is 18.1 Å². The molecule has 1 heterocycles. The van der Waals surface area contributed by atoms with Gasteiger partial charge in [0.1, 0.15) is 5.69 Å². The predicted octanol–water partition coefficient (Wildman–Crippen LogP) is 3.11. The number of hydrogen-bond acceptors (Lipinski definition) is 4. The normalized spacial score (nSPS) is 20.5. The zero-order valence-electron chi connectivity index (χ0n) is 11.7. The fourth-order valence-electron chi connectivity index (χ4n) is 2.52. The first-order valence-electron chi connectivity index (χ1n) is 7.18. The number of nitrogens with one attached hydrogen (secondary N) is 1. The minimum absolute atomic E-state index is 0.00294. The van der Waals surface area contributed by atoms with Crippen molar-refractivity contribution in [2.24, 2.45) is 5.92 Å². The van der Waals surface area contributed by atoms with E-state index in [4.69, 9.17) is 0 Å². The van der Waals surface area contributed by atoms with Gasteiger partial charge in [0.15, 0.2) is 0 Å². The molecule has 0 saturated heterocycles. The first-order valence-corrected chi connectivity index (χ1v) is 9.20. The van der Waals surface area contributed by atoms with Crippen LogP contribution in [0.5, 0.6) is 0 Å². The van der Waals surface area contributed by atoms with Gasteiger partial charge in [0.2, 0.25) is 0 Å². The van der Waals surface area contributed by atoms with Crippen molar-refractivity contribution in [3.8, 4) is 0 Å². The molecular formula is C14H20BrN3OS. The van der Waals surface area contributed by atoms with Crippen molar-refractivity contribution in [3.05, 3.63) is 21.0 Å². The van der Waals surface area contributed by atoms with E-state index in [1.807, 2.05) is 11.8 Å². The first kappa shape index (κ1) is 14.4. The number of anilines is 1. The van der Waals surface area contributed by atoms with Crippen molar-refractivity contribution in [1.82, 2.24) is 9.78 Å². The molecule has 0 atom stereocenters. The second kappa shape index (κ2) is 5.72. The van der Waals surface area contributed by atoms with Gasteiger partial charge in [-0.2, -0.15) is 16.9 Å². The summed E-state index contributed by atoms with van der Waals surface area (Å²) >= 11 is 5.34. The molecule has 110 valence electrons. The number of nitrogens with zero attached hydrogens (tertiary/aromatic N) is 2. The van der Waals surface area contributed by atoms with Gasteiger partial charge in [-0.15, -0.1) is 0 Å². The van der Waals surface area contributed by atoms with Gasteiger partial charge in [-0.3, -0.25) is 4.79 Å². The van der Waals surface area contributed by atoms with Crippen molar-refractivity contribution < 1.29 is 0 Å². The van der Waals surface area contributed by atoms with Crippen LogP contribution in [0.2, 0.25) is 0 Å². The van der Waals surface area contributed by atoms with Crippen LogP contribution in [0.4, 0.5) is 5.69 Å². The van der Waals surface area contributed by atoms with Gasteiger partial charge in [0.05, 0.1) is 10.7 Å². The molecule has 1 N–H and O–H groups in total. The lowest BCUT2D eigenvalue weighted by Crippen LogP contribution is -2.32. The summed E-state index contributed by atoms with van der Waals surface area (Å²) in [5, 5.41) is 7.60. The van der Waals surface area contributed by atoms with E-state index in [2.05, 4.69) is 32.6 Å². The third kappa shape index (κ3) is 2.91. The van der Waals surface area contributed by atoms with Gasteiger partial charge in [0, 0.05) is 17.8 Å². The van der Waals surface area contributed by atoms with Gasteiger partial charge in [0.25, 0.3) is 5.56 Å². The third-order valence-electron chi connectivity index (χ3n) is 4.48. The zero-order chi connectivity index (χ0) is 14.2. The van der Waals surface area contributed by atoms with Crippen LogP contribution in [0.25, 0.3) is 0 Å². The van der Waals surface area contributed by atoms with E-state index >= 15 is 0 Å². The van der Waals surface area contributed by atoms with E-state index in [1.54, 1.807) is 10.9 Å². The Bertz CT molecular complexity index is 552. The minimum atomic E-state index is 0.00294. The topological polar surface area (TPSA) is 46.9 Å². The molecule has 2 aliphatic carbocycles. The molecule has 2 fully saturated rings. The van der Waals surface area contributed by atoms with Crippen LogP contribution in [0.1, 0.15) is 32.1 Å². The maximum absolute atomic E-state index is 12.5. The van der Waals surface area contributed by atoms with E-state index in [1.165, 1.54) is 32.1 Å². The van der Waals surface area contributed by atoms with Gasteiger partial charge in [-0.1, -0.05) is 6.42 Å². The van der Waals surface area contributed by atoms with Crippen molar-refractivity contribution >= 4 is 33.4 Å². The van der Waals surface area contributed by atoms with E-state index < -0.39 is 0 Å². The van der Waals surface area contributed by atoms with Gasteiger partial charge >= 0.3 is 0 Å². The maximum atomic E-state index is 12.5. The molecule has 2 aliphatic rings. The highest BCUT2D eigenvalue weighted by molar-refractivity contribution is 9.10. The molecule has 1 aromatic heterocycles. The standard InChI is InChI=1S/C14H20BrN3OS/c1-20-14(5-6-14)9-16-12-11(15)7-17-18(13(12)19)8-10-3-2-4-10/h7,10,16H,2-6,8-9H2,1H3. The molecule has 4 nitrogen and oxygen atoms in total. The Morgan fingerprint density at radius 1 is 1.55 bits per heavy atom. The van der Waals surface area contributed by atoms with Crippen LogP contribution in [-0.4, -0.2) is 27.3 Å². The Balaban J connectivity index is 1.74. The van der Waals surface area contributed by atoms with Gasteiger partial charge in [-0.05, 0) is 53.8 Å². The summed E-state index contributed by atoms with van der Waals surface area (Å²) in [7, 11) is 0. The second-order valence-corrected chi connectivity index (χ2v) is 8.02. The van der Waals surface area contributed by atoms with E-state index in [-0.39, 0.29) is 5.56 Å². The Labute approximate surface area is 131 Å². The SMILES string of the molecule is CSC1(CNc2c(Br)cnn(CC3CCC3)c2=O)CC1. The Morgan fingerprint density at radius 3 is 2.85 bits per heavy atom. The highest BCUT2D eigenvalue weighted by Crippen LogP contribution is 2.47. The Kier molecular flexibility index (Phi) is 4.13. The van der Waals surface area contributed by atoms with Crippen LogP contribution in [0.15, 0.2) is 15.5 Å². The van der Waals surface area contributed by atoms with E-state index in [9.17, 15) is 4.79 Å². The van der Waals surface area contributed by atoms with Crippen LogP contribution in [-0.2, 0) is 6.54 Å². The molecule has 0 aliphatic heterocycles. The summed E-state index contributed by atoms with van der Waals surface area (Å²) in [5.41, 5.74) is 0.669. The predicted molar refractivity (Wildman–Crippen MR) is 87.5 cm³/mol. The number of rotatable bonds is 6. The summed E-state index contributed by atoms with van der Waals surface area (Å²) in [6.45, 7) is 1.61. The zero-order valence-corrected chi connectivity index (χ0v) is 14.1. The lowest BCUT2D eigenvalue weighted by Gasteiger charge is -2.25. The van der Waals surface area contributed by atoms with Crippen molar-refractivity contribution in [2.45, 2.75) is 43.4 Å². The summed E-state index contributed by atoms with van der Waals surface area (Å²) in [6.07, 6.45) is 10.1. The third-order valence-corrected chi connectivity index (χ3v) is 6.50. The molecule has 6 heteroatoms. The molecule has 0 amide bonds. The summed E-state index contributed by atoms with van der Waals surface area (Å²) < 4.78 is 2.73. The number of hydrogen-bond donors (Lipinski definition) is 1. The molecule has 0 unspecified atom stereocenters. The van der Waals surface area contributed by atoms with Crippen LogP contribution < -0.4 is 10.9 Å². The molecule has 1 aromatic rings. The summed E-state index contributed by atoms with van der Waals surface area (Å²) in [5.74, 6) is 0.634. The second-order valence-electron chi connectivity index (χ2n) is 5.89.